The Balaban J connectivity index is 1.86. The highest BCUT2D eigenvalue weighted by atomic mass is 15.3. The number of fused-ring (bicyclic) bond motifs is 1. The molecule has 2 aromatic heterocycles. The van der Waals surface area contributed by atoms with Gasteiger partial charge < -0.3 is 0 Å². The zero-order valence-electron chi connectivity index (χ0n) is 12.3. The summed E-state index contributed by atoms with van der Waals surface area (Å²) in [5, 5.41) is 9.97. The molecule has 0 fully saturated rings. The molecule has 0 saturated heterocycles. The van der Waals surface area contributed by atoms with Crippen LogP contribution in [0.25, 0.3) is 10.9 Å². The third-order valence-corrected chi connectivity index (χ3v) is 3.93. The Kier molecular flexibility index (Phi) is 3.72. The molecule has 6 nitrogen and oxygen atoms in total. The molecule has 21 heavy (non-hydrogen) atoms. The van der Waals surface area contributed by atoms with Gasteiger partial charge >= 0.3 is 0 Å². The maximum Gasteiger partial charge on any atom is 0.0886 e. The first kappa shape index (κ1) is 13.8. The van der Waals surface area contributed by atoms with Gasteiger partial charge in [-0.05, 0) is 25.0 Å². The lowest BCUT2D eigenvalue weighted by molar-refractivity contribution is 0.492. The number of para-hydroxylation sites is 1. The summed E-state index contributed by atoms with van der Waals surface area (Å²) in [4.78, 5) is 0. The van der Waals surface area contributed by atoms with E-state index in [-0.39, 0.29) is 6.04 Å². The third-order valence-electron chi connectivity index (χ3n) is 3.93. The lowest BCUT2D eigenvalue weighted by atomic mass is 10.0. The number of benzene rings is 1. The highest BCUT2D eigenvalue weighted by molar-refractivity contribution is 5.82. The van der Waals surface area contributed by atoms with Crippen LogP contribution in [0.4, 0.5) is 0 Å². The second-order valence-corrected chi connectivity index (χ2v) is 5.23. The van der Waals surface area contributed by atoms with Gasteiger partial charge in [0.25, 0.3) is 0 Å². The SMILES string of the molecule is Cn1nccc1CCC(NN)c1nn(C)c2ccccc12. The molecule has 0 saturated carbocycles. The smallest absolute Gasteiger partial charge is 0.0886 e. The van der Waals surface area contributed by atoms with Gasteiger partial charge in [0.2, 0.25) is 0 Å². The fourth-order valence-electron chi connectivity index (χ4n) is 2.74. The van der Waals surface area contributed by atoms with Crippen molar-refractivity contribution in [1.82, 2.24) is 25.0 Å². The van der Waals surface area contributed by atoms with Crippen LogP contribution in [0.2, 0.25) is 0 Å². The fraction of sp³-hybridized carbons (Fsp3) is 0.333. The molecule has 1 aromatic carbocycles. The number of hydrogen-bond acceptors (Lipinski definition) is 4. The molecule has 0 amide bonds. The summed E-state index contributed by atoms with van der Waals surface area (Å²) in [7, 11) is 3.91. The molecule has 0 bridgehead atoms. The van der Waals surface area contributed by atoms with Gasteiger partial charge in [-0.25, -0.2) is 0 Å². The molecule has 6 heteroatoms. The lowest BCUT2D eigenvalue weighted by Gasteiger charge is -2.14. The second kappa shape index (κ2) is 5.67. The van der Waals surface area contributed by atoms with Gasteiger partial charge in [-0.3, -0.25) is 20.6 Å². The minimum absolute atomic E-state index is 0.0194. The van der Waals surface area contributed by atoms with Gasteiger partial charge in [0.15, 0.2) is 0 Å². The molecule has 2 heterocycles. The van der Waals surface area contributed by atoms with E-state index in [9.17, 15) is 0 Å². The zero-order chi connectivity index (χ0) is 14.8. The molecule has 0 aliphatic heterocycles. The molecule has 0 aliphatic rings. The Morgan fingerprint density at radius 1 is 1.19 bits per heavy atom. The second-order valence-electron chi connectivity index (χ2n) is 5.23. The molecule has 110 valence electrons. The summed E-state index contributed by atoms with van der Waals surface area (Å²) in [6.45, 7) is 0. The van der Waals surface area contributed by atoms with E-state index in [1.165, 1.54) is 5.69 Å². The summed E-state index contributed by atoms with van der Waals surface area (Å²) in [5.41, 5.74) is 6.21. The Morgan fingerprint density at radius 3 is 2.71 bits per heavy atom. The Labute approximate surface area is 123 Å². The van der Waals surface area contributed by atoms with Crippen LogP contribution in [0.1, 0.15) is 23.9 Å². The van der Waals surface area contributed by atoms with Gasteiger partial charge in [-0.1, -0.05) is 18.2 Å². The summed E-state index contributed by atoms with van der Waals surface area (Å²) in [5.74, 6) is 5.76. The van der Waals surface area contributed by atoms with Gasteiger partial charge in [-0.2, -0.15) is 10.2 Å². The number of hydrazine groups is 1. The van der Waals surface area contributed by atoms with Crippen molar-refractivity contribution in [2.24, 2.45) is 19.9 Å². The summed E-state index contributed by atoms with van der Waals surface area (Å²) in [6.07, 6.45) is 3.59. The molecule has 1 unspecified atom stereocenters. The lowest BCUT2D eigenvalue weighted by Crippen LogP contribution is -2.29. The van der Waals surface area contributed by atoms with E-state index in [0.29, 0.717) is 0 Å². The van der Waals surface area contributed by atoms with Crippen molar-refractivity contribution in [2.45, 2.75) is 18.9 Å². The topological polar surface area (TPSA) is 73.7 Å². The number of nitrogens with two attached hydrogens (primary N) is 1. The van der Waals surface area contributed by atoms with Crippen molar-refractivity contribution in [1.29, 1.82) is 0 Å². The molecule has 0 aliphatic carbocycles. The third kappa shape index (κ3) is 2.55. The predicted molar refractivity (Wildman–Crippen MR) is 82.3 cm³/mol. The fourth-order valence-corrected chi connectivity index (χ4v) is 2.74. The average Bonchev–Trinajstić information content (AvgIpc) is 3.05. The maximum atomic E-state index is 5.76. The number of aryl methyl sites for hydroxylation is 3. The van der Waals surface area contributed by atoms with Crippen LogP contribution in [0.15, 0.2) is 36.5 Å². The minimum atomic E-state index is 0.0194. The Bertz CT molecular complexity index is 742. The zero-order valence-corrected chi connectivity index (χ0v) is 12.3. The molecule has 1 atom stereocenters. The molecular formula is C15H20N6. The number of nitrogens with zero attached hydrogens (tertiary/aromatic N) is 4. The first-order chi connectivity index (χ1) is 10.2. The predicted octanol–water partition coefficient (Wildman–Crippen LogP) is 1.44. The first-order valence-corrected chi connectivity index (χ1v) is 7.05. The van der Waals surface area contributed by atoms with Crippen molar-refractivity contribution in [3.8, 4) is 0 Å². The molecule has 0 radical (unpaired) electrons. The molecular weight excluding hydrogens is 264 g/mol. The van der Waals surface area contributed by atoms with Crippen molar-refractivity contribution < 1.29 is 0 Å². The van der Waals surface area contributed by atoms with Gasteiger partial charge in [0.05, 0.1) is 17.3 Å². The standard InChI is InChI=1S/C15H20N6/c1-20-11(9-10-17-20)7-8-13(18-16)15-12-5-3-4-6-14(12)21(2)19-15/h3-6,9-10,13,18H,7-8,16H2,1-2H3. The largest absolute Gasteiger partial charge is 0.273 e. The van der Waals surface area contributed by atoms with Gasteiger partial charge in [0.1, 0.15) is 0 Å². The van der Waals surface area contributed by atoms with E-state index in [1.54, 1.807) is 0 Å². The van der Waals surface area contributed by atoms with Crippen molar-refractivity contribution >= 4 is 10.9 Å². The van der Waals surface area contributed by atoms with Crippen LogP contribution in [0.3, 0.4) is 0 Å². The molecule has 3 aromatic rings. The van der Waals surface area contributed by atoms with Crippen LogP contribution in [-0.4, -0.2) is 19.6 Å². The number of hydrogen-bond donors (Lipinski definition) is 2. The van der Waals surface area contributed by atoms with E-state index in [4.69, 9.17) is 5.84 Å². The first-order valence-electron chi connectivity index (χ1n) is 7.05. The van der Waals surface area contributed by atoms with E-state index < -0.39 is 0 Å². The van der Waals surface area contributed by atoms with E-state index in [2.05, 4.69) is 27.8 Å². The summed E-state index contributed by atoms with van der Waals surface area (Å²) in [6, 6.07) is 10.3. The summed E-state index contributed by atoms with van der Waals surface area (Å²) >= 11 is 0. The normalized spacial score (nSPS) is 12.9. The monoisotopic (exact) mass is 284 g/mol. The van der Waals surface area contributed by atoms with Crippen molar-refractivity contribution in [3.63, 3.8) is 0 Å². The highest BCUT2D eigenvalue weighted by Crippen LogP contribution is 2.25. The van der Waals surface area contributed by atoms with Crippen molar-refractivity contribution in [3.05, 3.63) is 47.9 Å². The number of aromatic nitrogens is 4. The van der Waals surface area contributed by atoms with E-state index in [1.807, 2.05) is 47.9 Å². The van der Waals surface area contributed by atoms with Gasteiger partial charge in [-0.15, -0.1) is 0 Å². The maximum absolute atomic E-state index is 5.76. The molecule has 0 spiro atoms. The Morgan fingerprint density at radius 2 is 2.00 bits per heavy atom. The quantitative estimate of drug-likeness (QED) is 0.549. The van der Waals surface area contributed by atoms with Crippen LogP contribution in [-0.2, 0) is 20.5 Å². The van der Waals surface area contributed by atoms with Crippen molar-refractivity contribution in [2.75, 3.05) is 0 Å². The van der Waals surface area contributed by atoms with Gasteiger partial charge in [0, 0.05) is 31.4 Å². The van der Waals surface area contributed by atoms with Crippen LogP contribution in [0, 0.1) is 0 Å². The highest BCUT2D eigenvalue weighted by Gasteiger charge is 2.18. The van der Waals surface area contributed by atoms with E-state index in [0.717, 1.165) is 29.4 Å². The van der Waals surface area contributed by atoms with Crippen LogP contribution < -0.4 is 11.3 Å². The average molecular weight is 284 g/mol. The number of rotatable bonds is 5. The summed E-state index contributed by atoms with van der Waals surface area (Å²) < 4.78 is 3.79. The minimum Gasteiger partial charge on any atom is -0.273 e. The Hall–Kier alpha value is -2.18. The number of nitrogens with one attached hydrogen (secondary N) is 1. The molecule has 3 N–H and O–H groups in total. The molecule has 3 rings (SSSR count). The van der Waals surface area contributed by atoms with E-state index >= 15 is 0 Å². The van der Waals surface area contributed by atoms with Crippen LogP contribution >= 0.6 is 0 Å². The van der Waals surface area contributed by atoms with Crippen LogP contribution in [0.5, 0.6) is 0 Å².